The van der Waals surface area contributed by atoms with Crippen LogP contribution in [-0.4, -0.2) is 0 Å². The van der Waals surface area contributed by atoms with E-state index in [1.807, 2.05) is 32.0 Å². The molecule has 2 aromatic carbocycles. The molecule has 1 atom stereocenters. The number of halogens is 4. The highest BCUT2D eigenvalue weighted by Gasteiger charge is 2.30. The van der Waals surface area contributed by atoms with Crippen LogP contribution in [0, 0.1) is 6.92 Å². The van der Waals surface area contributed by atoms with Crippen LogP contribution < -0.4 is 5.32 Å². The summed E-state index contributed by atoms with van der Waals surface area (Å²) in [5, 5.41) is 3.31. The van der Waals surface area contributed by atoms with E-state index >= 15 is 0 Å². The first-order valence-corrected chi connectivity index (χ1v) is 7.27. The molecule has 0 saturated carbocycles. The number of alkyl halides is 3. The number of hydrogen-bond donors (Lipinski definition) is 1. The number of benzene rings is 2. The summed E-state index contributed by atoms with van der Waals surface area (Å²) < 4.78 is 38.6. The van der Waals surface area contributed by atoms with Crippen LogP contribution in [0.25, 0.3) is 0 Å². The molecule has 1 nitrogen and oxygen atoms in total. The minimum absolute atomic E-state index is 0.0831. The van der Waals surface area contributed by atoms with Gasteiger partial charge in [-0.15, -0.1) is 0 Å². The van der Waals surface area contributed by atoms with Crippen molar-refractivity contribution in [1.29, 1.82) is 0 Å². The van der Waals surface area contributed by atoms with Crippen molar-refractivity contribution < 1.29 is 13.2 Å². The average Bonchev–Trinajstić information content (AvgIpc) is 2.43. The molecule has 0 heterocycles. The number of anilines is 1. The molecule has 1 unspecified atom stereocenters. The van der Waals surface area contributed by atoms with Crippen molar-refractivity contribution in [3.63, 3.8) is 0 Å². The fourth-order valence-corrected chi connectivity index (χ4v) is 2.41. The summed E-state index contributed by atoms with van der Waals surface area (Å²) in [6, 6.07) is 11.0. The molecule has 5 heteroatoms. The summed E-state index contributed by atoms with van der Waals surface area (Å²) in [7, 11) is 0. The zero-order valence-corrected chi connectivity index (χ0v) is 13.2. The van der Waals surface area contributed by atoms with E-state index in [1.165, 1.54) is 12.1 Å². The number of nitrogens with one attached hydrogen (secondary N) is 1. The smallest absolute Gasteiger partial charge is 0.378 e. The Labute approximate surface area is 130 Å². The molecule has 0 aliphatic heterocycles. The third kappa shape index (κ3) is 3.79. The lowest BCUT2D eigenvalue weighted by atomic mass is 10.0. The van der Waals surface area contributed by atoms with Crippen molar-refractivity contribution in [2.75, 3.05) is 5.32 Å². The first-order valence-electron chi connectivity index (χ1n) is 6.48. The third-order valence-corrected chi connectivity index (χ3v) is 4.24. The van der Waals surface area contributed by atoms with Crippen LogP contribution in [0.1, 0.15) is 29.7 Å². The Morgan fingerprint density at radius 2 is 1.67 bits per heavy atom. The Morgan fingerprint density at radius 1 is 1.05 bits per heavy atom. The van der Waals surface area contributed by atoms with Gasteiger partial charge in [-0.05, 0) is 49.2 Å². The molecule has 0 radical (unpaired) electrons. The molecule has 0 saturated heterocycles. The molecule has 112 valence electrons. The van der Waals surface area contributed by atoms with Crippen molar-refractivity contribution in [3.05, 3.63) is 63.6 Å². The van der Waals surface area contributed by atoms with Gasteiger partial charge in [0.25, 0.3) is 0 Å². The molecule has 2 rings (SSSR count). The van der Waals surface area contributed by atoms with Gasteiger partial charge < -0.3 is 5.32 Å². The van der Waals surface area contributed by atoms with Crippen LogP contribution in [0.2, 0.25) is 0 Å². The SMILES string of the molecule is Cc1c(Br)cccc1NC(C)c1ccc(C(F)(F)F)cc1. The molecule has 0 bridgehead atoms. The van der Waals surface area contributed by atoms with Crippen molar-refractivity contribution in [3.8, 4) is 0 Å². The minimum atomic E-state index is -4.30. The van der Waals surface area contributed by atoms with Crippen LogP contribution in [-0.2, 0) is 6.18 Å². The van der Waals surface area contributed by atoms with Gasteiger partial charge >= 0.3 is 6.18 Å². The highest BCUT2D eigenvalue weighted by Crippen LogP contribution is 2.31. The van der Waals surface area contributed by atoms with Crippen LogP contribution in [0.15, 0.2) is 46.9 Å². The molecule has 21 heavy (non-hydrogen) atoms. The summed E-state index contributed by atoms with van der Waals surface area (Å²) in [4.78, 5) is 0. The molecular weight excluding hydrogens is 343 g/mol. The van der Waals surface area contributed by atoms with Crippen molar-refractivity contribution in [2.24, 2.45) is 0 Å². The van der Waals surface area contributed by atoms with Crippen LogP contribution in [0.5, 0.6) is 0 Å². The average molecular weight is 358 g/mol. The van der Waals surface area contributed by atoms with E-state index in [0.717, 1.165) is 33.4 Å². The lowest BCUT2D eigenvalue weighted by molar-refractivity contribution is -0.137. The van der Waals surface area contributed by atoms with Gasteiger partial charge in [0.1, 0.15) is 0 Å². The maximum absolute atomic E-state index is 12.5. The number of hydrogen-bond acceptors (Lipinski definition) is 1. The summed E-state index contributed by atoms with van der Waals surface area (Å²) in [6.07, 6.45) is -4.30. The van der Waals surface area contributed by atoms with Crippen molar-refractivity contribution in [1.82, 2.24) is 0 Å². The summed E-state index contributed by atoms with van der Waals surface area (Å²) in [5.74, 6) is 0. The molecule has 0 aliphatic carbocycles. The maximum Gasteiger partial charge on any atom is 0.416 e. The van der Waals surface area contributed by atoms with E-state index in [0.29, 0.717) is 0 Å². The molecule has 0 spiro atoms. The van der Waals surface area contributed by atoms with Gasteiger partial charge in [-0.1, -0.05) is 34.1 Å². The summed E-state index contributed by atoms with van der Waals surface area (Å²) >= 11 is 3.46. The lowest BCUT2D eigenvalue weighted by Gasteiger charge is -2.18. The van der Waals surface area contributed by atoms with Crippen molar-refractivity contribution >= 4 is 21.6 Å². The maximum atomic E-state index is 12.5. The van der Waals surface area contributed by atoms with Gasteiger partial charge in [0, 0.05) is 16.2 Å². The van der Waals surface area contributed by atoms with Gasteiger partial charge in [-0.25, -0.2) is 0 Å². The molecular formula is C16H15BrF3N. The van der Waals surface area contributed by atoms with E-state index < -0.39 is 11.7 Å². The third-order valence-electron chi connectivity index (χ3n) is 3.38. The second kappa shape index (κ2) is 6.10. The summed E-state index contributed by atoms with van der Waals surface area (Å²) in [5.41, 5.74) is 2.20. The highest BCUT2D eigenvalue weighted by molar-refractivity contribution is 9.10. The van der Waals surface area contributed by atoms with Gasteiger partial charge in [0.05, 0.1) is 5.56 Å². The molecule has 0 fully saturated rings. The normalized spacial score (nSPS) is 13.0. The van der Waals surface area contributed by atoms with Gasteiger partial charge in [-0.2, -0.15) is 13.2 Å². The van der Waals surface area contributed by atoms with Gasteiger partial charge in [0.15, 0.2) is 0 Å². The first-order chi connectivity index (χ1) is 9.79. The largest absolute Gasteiger partial charge is 0.416 e. The predicted molar refractivity (Wildman–Crippen MR) is 82.4 cm³/mol. The van der Waals surface area contributed by atoms with Crippen LogP contribution >= 0.6 is 15.9 Å². The Morgan fingerprint density at radius 3 is 2.24 bits per heavy atom. The van der Waals surface area contributed by atoms with E-state index in [9.17, 15) is 13.2 Å². The van der Waals surface area contributed by atoms with E-state index in [1.54, 1.807) is 0 Å². The monoisotopic (exact) mass is 357 g/mol. The molecule has 1 N–H and O–H groups in total. The Balaban J connectivity index is 2.17. The standard InChI is InChI=1S/C16H15BrF3N/c1-10-14(17)4-3-5-15(10)21-11(2)12-6-8-13(9-7-12)16(18,19)20/h3-9,11,21H,1-2H3. The Bertz CT molecular complexity index is 620. The fourth-order valence-electron chi connectivity index (χ4n) is 2.04. The molecule has 0 aromatic heterocycles. The van der Waals surface area contributed by atoms with E-state index in [2.05, 4.69) is 21.2 Å². The quantitative estimate of drug-likeness (QED) is 0.715. The van der Waals surface area contributed by atoms with E-state index in [4.69, 9.17) is 0 Å². The topological polar surface area (TPSA) is 12.0 Å². The first kappa shape index (κ1) is 15.9. The van der Waals surface area contributed by atoms with E-state index in [-0.39, 0.29) is 6.04 Å². The molecule has 0 amide bonds. The fraction of sp³-hybridized carbons (Fsp3) is 0.250. The molecule has 2 aromatic rings. The summed E-state index contributed by atoms with van der Waals surface area (Å²) in [6.45, 7) is 3.90. The zero-order chi connectivity index (χ0) is 15.6. The van der Waals surface area contributed by atoms with Gasteiger partial charge in [-0.3, -0.25) is 0 Å². The Kier molecular flexibility index (Phi) is 4.61. The highest BCUT2D eigenvalue weighted by atomic mass is 79.9. The van der Waals surface area contributed by atoms with Crippen molar-refractivity contribution in [2.45, 2.75) is 26.1 Å². The van der Waals surface area contributed by atoms with Crippen LogP contribution in [0.4, 0.5) is 18.9 Å². The zero-order valence-electron chi connectivity index (χ0n) is 11.6. The predicted octanol–water partition coefficient (Wildman–Crippen LogP) is 5.95. The lowest BCUT2D eigenvalue weighted by Crippen LogP contribution is -2.09. The Hall–Kier alpha value is -1.49. The van der Waals surface area contributed by atoms with Gasteiger partial charge in [0.2, 0.25) is 0 Å². The number of rotatable bonds is 3. The second-order valence-electron chi connectivity index (χ2n) is 4.90. The minimum Gasteiger partial charge on any atom is -0.378 e. The second-order valence-corrected chi connectivity index (χ2v) is 5.75. The van der Waals surface area contributed by atoms with Crippen LogP contribution in [0.3, 0.4) is 0 Å². The molecule has 0 aliphatic rings.